The first kappa shape index (κ1) is 11.0. The van der Waals surface area contributed by atoms with Gasteiger partial charge in [0, 0.05) is 10.2 Å². The van der Waals surface area contributed by atoms with Gasteiger partial charge >= 0.3 is 0 Å². The molecule has 0 bridgehead atoms. The van der Waals surface area contributed by atoms with Crippen molar-refractivity contribution in [3.63, 3.8) is 0 Å². The van der Waals surface area contributed by atoms with Crippen LogP contribution in [-0.2, 0) is 0 Å². The molecule has 3 N–H and O–H groups in total. The average molecular weight is 281 g/mol. The van der Waals surface area contributed by atoms with Gasteiger partial charge in [0.2, 0.25) is 0 Å². The fourth-order valence-electron chi connectivity index (χ4n) is 1.34. The van der Waals surface area contributed by atoms with Crippen molar-refractivity contribution in [2.45, 2.75) is 0 Å². The third-order valence-electron chi connectivity index (χ3n) is 2.14. The van der Waals surface area contributed by atoms with E-state index in [0.717, 1.165) is 15.8 Å². The van der Waals surface area contributed by atoms with E-state index < -0.39 is 0 Å². The second-order valence-electron chi connectivity index (χ2n) is 3.36. The van der Waals surface area contributed by atoms with Crippen LogP contribution in [0.2, 0.25) is 0 Å². The van der Waals surface area contributed by atoms with Gasteiger partial charge in [-0.15, -0.1) is 0 Å². The molecule has 0 fully saturated rings. The van der Waals surface area contributed by atoms with Crippen LogP contribution in [0.5, 0.6) is 0 Å². The van der Waals surface area contributed by atoms with Crippen molar-refractivity contribution in [2.75, 3.05) is 11.1 Å². The number of hydrogen-bond acceptors (Lipinski definition) is 2. The van der Waals surface area contributed by atoms with Crippen molar-refractivity contribution in [1.82, 2.24) is 0 Å². The molecule has 0 amide bonds. The maximum atomic E-state index is 12.7. The lowest BCUT2D eigenvalue weighted by Crippen LogP contribution is -1.96. The quantitative estimate of drug-likeness (QED) is 0.819. The van der Waals surface area contributed by atoms with Gasteiger partial charge in [0.15, 0.2) is 0 Å². The van der Waals surface area contributed by atoms with Gasteiger partial charge in [-0.3, -0.25) is 0 Å². The van der Waals surface area contributed by atoms with Gasteiger partial charge in [0.1, 0.15) is 5.82 Å². The van der Waals surface area contributed by atoms with Gasteiger partial charge in [-0.2, -0.15) is 0 Å². The molecule has 4 heteroatoms. The van der Waals surface area contributed by atoms with Gasteiger partial charge < -0.3 is 11.1 Å². The largest absolute Gasteiger partial charge is 0.397 e. The predicted molar refractivity (Wildman–Crippen MR) is 68.2 cm³/mol. The molecule has 0 aromatic heterocycles. The molecule has 0 spiro atoms. The Labute approximate surface area is 101 Å². The summed E-state index contributed by atoms with van der Waals surface area (Å²) in [5.41, 5.74) is 8.07. The van der Waals surface area contributed by atoms with Crippen molar-refractivity contribution in [3.8, 4) is 0 Å². The van der Waals surface area contributed by atoms with Crippen LogP contribution in [0.4, 0.5) is 21.5 Å². The maximum Gasteiger partial charge on any atom is 0.123 e. The molecule has 0 aliphatic carbocycles. The van der Waals surface area contributed by atoms with Crippen LogP contribution in [0.25, 0.3) is 0 Å². The van der Waals surface area contributed by atoms with Crippen molar-refractivity contribution in [2.24, 2.45) is 0 Å². The zero-order valence-electron chi connectivity index (χ0n) is 8.37. The molecule has 0 radical (unpaired) electrons. The molecular formula is C12H10BrFN2. The molecule has 0 saturated carbocycles. The maximum absolute atomic E-state index is 12.7. The summed E-state index contributed by atoms with van der Waals surface area (Å²) in [5.74, 6) is -0.255. The minimum absolute atomic E-state index is 0.255. The van der Waals surface area contributed by atoms with Crippen LogP contribution in [-0.4, -0.2) is 0 Å². The number of benzene rings is 2. The predicted octanol–water partition coefficient (Wildman–Crippen LogP) is 3.91. The SMILES string of the molecule is Nc1cc(Br)ccc1Nc1ccc(F)cc1. The van der Waals surface area contributed by atoms with Gasteiger partial charge in [-0.25, -0.2) is 4.39 Å². The highest BCUT2D eigenvalue weighted by Gasteiger charge is 2.00. The molecule has 0 heterocycles. The number of hydrogen-bond donors (Lipinski definition) is 2. The number of rotatable bonds is 2. The molecule has 16 heavy (non-hydrogen) atoms. The fraction of sp³-hybridized carbons (Fsp3) is 0. The van der Waals surface area contributed by atoms with Crippen LogP contribution >= 0.6 is 15.9 Å². The summed E-state index contributed by atoms with van der Waals surface area (Å²) in [6.45, 7) is 0. The Bertz CT molecular complexity index is 497. The summed E-state index contributed by atoms with van der Waals surface area (Å²) < 4.78 is 13.6. The summed E-state index contributed by atoms with van der Waals surface area (Å²) in [6, 6.07) is 11.7. The molecule has 0 saturated heterocycles. The monoisotopic (exact) mass is 280 g/mol. The minimum Gasteiger partial charge on any atom is -0.397 e. The number of nitrogens with two attached hydrogens (primary N) is 1. The molecule has 0 aliphatic rings. The summed E-state index contributed by atoms with van der Waals surface area (Å²) in [6.07, 6.45) is 0. The van der Waals surface area contributed by atoms with E-state index in [0.29, 0.717) is 5.69 Å². The van der Waals surface area contributed by atoms with Gasteiger partial charge in [-0.1, -0.05) is 15.9 Å². The number of nitrogen functional groups attached to an aromatic ring is 1. The molecule has 2 nitrogen and oxygen atoms in total. The Balaban J connectivity index is 2.23. The van der Waals surface area contributed by atoms with Crippen molar-refractivity contribution in [3.05, 3.63) is 52.8 Å². The van der Waals surface area contributed by atoms with Crippen molar-refractivity contribution < 1.29 is 4.39 Å². The van der Waals surface area contributed by atoms with E-state index in [1.54, 1.807) is 12.1 Å². The number of nitrogens with one attached hydrogen (secondary N) is 1. The first-order valence-corrected chi connectivity index (χ1v) is 5.52. The van der Waals surface area contributed by atoms with Crippen LogP contribution in [0.3, 0.4) is 0 Å². The first-order valence-electron chi connectivity index (χ1n) is 4.73. The smallest absolute Gasteiger partial charge is 0.123 e. The lowest BCUT2D eigenvalue weighted by molar-refractivity contribution is 0.628. The van der Waals surface area contributed by atoms with Gasteiger partial charge in [0.05, 0.1) is 11.4 Å². The molecule has 0 unspecified atom stereocenters. The Hall–Kier alpha value is -1.55. The highest BCUT2D eigenvalue weighted by atomic mass is 79.9. The summed E-state index contributed by atoms with van der Waals surface area (Å²) in [4.78, 5) is 0. The van der Waals surface area contributed by atoms with Crippen LogP contribution in [0.15, 0.2) is 46.9 Å². The molecular weight excluding hydrogens is 271 g/mol. The third-order valence-corrected chi connectivity index (χ3v) is 2.63. The van der Waals surface area contributed by atoms with Crippen molar-refractivity contribution >= 4 is 33.0 Å². The van der Waals surface area contributed by atoms with Crippen LogP contribution in [0, 0.1) is 5.82 Å². The topological polar surface area (TPSA) is 38.0 Å². The molecule has 2 rings (SSSR count). The second-order valence-corrected chi connectivity index (χ2v) is 4.28. The third kappa shape index (κ3) is 2.52. The normalized spacial score (nSPS) is 10.1. The standard InChI is InChI=1S/C12H10BrFN2/c13-8-1-6-12(11(15)7-8)16-10-4-2-9(14)3-5-10/h1-7,16H,15H2. The van der Waals surface area contributed by atoms with E-state index in [1.807, 2.05) is 18.2 Å². The van der Waals surface area contributed by atoms with E-state index in [-0.39, 0.29) is 5.82 Å². The van der Waals surface area contributed by atoms with Gasteiger partial charge in [0.25, 0.3) is 0 Å². The average Bonchev–Trinajstić information content (AvgIpc) is 2.25. The number of halogens is 2. The van der Waals surface area contributed by atoms with E-state index in [1.165, 1.54) is 12.1 Å². The Morgan fingerprint density at radius 1 is 1.06 bits per heavy atom. The fourth-order valence-corrected chi connectivity index (χ4v) is 1.71. The molecule has 0 atom stereocenters. The highest BCUT2D eigenvalue weighted by molar-refractivity contribution is 9.10. The zero-order valence-corrected chi connectivity index (χ0v) is 9.96. The number of anilines is 3. The van der Waals surface area contributed by atoms with E-state index >= 15 is 0 Å². The molecule has 82 valence electrons. The van der Waals surface area contributed by atoms with E-state index in [4.69, 9.17) is 5.73 Å². The zero-order chi connectivity index (χ0) is 11.5. The first-order chi connectivity index (χ1) is 7.65. The summed E-state index contributed by atoms with van der Waals surface area (Å²) in [5, 5.41) is 3.11. The Morgan fingerprint density at radius 2 is 1.75 bits per heavy atom. The second kappa shape index (κ2) is 4.53. The lowest BCUT2D eigenvalue weighted by atomic mass is 10.2. The summed E-state index contributed by atoms with van der Waals surface area (Å²) in [7, 11) is 0. The molecule has 2 aromatic rings. The van der Waals surface area contributed by atoms with Gasteiger partial charge in [-0.05, 0) is 42.5 Å². The van der Waals surface area contributed by atoms with Crippen LogP contribution < -0.4 is 11.1 Å². The van der Waals surface area contributed by atoms with E-state index in [9.17, 15) is 4.39 Å². The minimum atomic E-state index is -0.255. The Morgan fingerprint density at radius 3 is 2.38 bits per heavy atom. The van der Waals surface area contributed by atoms with Crippen molar-refractivity contribution in [1.29, 1.82) is 0 Å². The highest BCUT2D eigenvalue weighted by Crippen LogP contribution is 2.26. The Kier molecular flexibility index (Phi) is 3.10. The molecule has 2 aromatic carbocycles. The lowest BCUT2D eigenvalue weighted by Gasteiger charge is -2.09. The van der Waals surface area contributed by atoms with E-state index in [2.05, 4.69) is 21.2 Å². The van der Waals surface area contributed by atoms with Crippen LogP contribution in [0.1, 0.15) is 0 Å². The summed E-state index contributed by atoms with van der Waals surface area (Å²) >= 11 is 3.33. The molecule has 0 aliphatic heterocycles.